The molecule has 0 bridgehead atoms. The van der Waals surface area contributed by atoms with Gasteiger partial charge in [0, 0.05) is 6.54 Å². The summed E-state index contributed by atoms with van der Waals surface area (Å²) in [4.78, 5) is 10.6. The molecule has 0 aliphatic heterocycles. The normalized spacial score (nSPS) is 12.5. The summed E-state index contributed by atoms with van der Waals surface area (Å²) in [5.74, 6) is -0.355. The lowest BCUT2D eigenvalue weighted by atomic mass is 10.4. The van der Waals surface area contributed by atoms with Crippen molar-refractivity contribution in [2.75, 3.05) is 6.54 Å². The largest absolute Gasteiger partial charge is 0.350 e. The number of thiol groups is 1. The van der Waals surface area contributed by atoms with Gasteiger partial charge in [-0.25, -0.2) is 8.42 Å². The molecule has 0 heterocycles. The van der Waals surface area contributed by atoms with Gasteiger partial charge in [-0.3, -0.25) is 8.98 Å². The molecule has 0 aliphatic carbocycles. The van der Waals surface area contributed by atoms with Crippen LogP contribution in [0.15, 0.2) is 12.7 Å². The van der Waals surface area contributed by atoms with E-state index in [9.17, 15) is 13.2 Å². The molecule has 0 aromatic carbocycles. The molecule has 0 saturated carbocycles. The van der Waals surface area contributed by atoms with Gasteiger partial charge in [0.25, 0.3) is 11.0 Å². The van der Waals surface area contributed by atoms with Gasteiger partial charge in [-0.1, -0.05) is 6.58 Å². The summed E-state index contributed by atoms with van der Waals surface area (Å²) in [6.45, 7) is 4.91. The van der Waals surface area contributed by atoms with Crippen molar-refractivity contribution < 1.29 is 17.4 Å². The molecule has 1 N–H and O–H groups in total. The number of amides is 1. The van der Waals surface area contributed by atoms with Crippen molar-refractivity contribution in [3.05, 3.63) is 12.7 Å². The highest BCUT2D eigenvalue weighted by atomic mass is 32.2. The number of rotatable bonds is 5. The molecule has 0 aromatic heterocycles. The molecule has 5 nitrogen and oxygen atoms in total. The zero-order chi connectivity index (χ0) is 9.56. The van der Waals surface area contributed by atoms with Gasteiger partial charge in [-0.2, -0.15) is 0 Å². The predicted molar refractivity (Wildman–Crippen MR) is 44.1 cm³/mol. The number of hydrogen-bond acceptors (Lipinski definition) is 4. The first-order valence-electron chi connectivity index (χ1n) is 3.27. The van der Waals surface area contributed by atoms with E-state index in [4.69, 9.17) is 0 Å². The summed E-state index contributed by atoms with van der Waals surface area (Å²) < 4.78 is 24.4. The zero-order valence-corrected chi connectivity index (χ0v) is 7.54. The molecular weight excluding hydrogens is 182 g/mol. The number of carbonyl (C=O) groups excluding carboxylic acids is 1. The fourth-order valence-electron chi connectivity index (χ4n) is 0.501. The van der Waals surface area contributed by atoms with Crippen molar-refractivity contribution in [3.8, 4) is 0 Å². The Hall–Kier alpha value is -0.880. The number of hydrogen-bond donors (Lipinski definition) is 2. The number of carbonyl (C=O) groups is 1. The van der Waals surface area contributed by atoms with Crippen LogP contribution in [-0.2, 0) is 20.0 Å². The summed E-state index contributed by atoms with van der Waals surface area (Å²) >= 11 is 0. The monoisotopic (exact) mass is 193 g/mol. The molecule has 1 unspecified atom stereocenters. The van der Waals surface area contributed by atoms with E-state index in [-0.39, 0.29) is 12.5 Å². The molecule has 12 heavy (non-hydrogen) atoms. The molecule has 6 heteroatoms. The van der Waals surface area contributed by atoms with Crippen molar-refractivity contribution in [1.29, 1.82) is 0 Å². The van der Waals surface area contributed by atoms with E-state index in [0.717, 1.165) is 6.08 Å². The van der Waals surface area contributed by atoms with Crippen LogP contribution in [0.2, 0.25) is 0 Å². The van der Waals surface area contributed by atoms with Crippen molar-refractivity contribution in [3.63, 3.8) is 0 Å². The van der Waals surface area contributed by atoms with Crippen LogP contribution in [0.5, 0.6) is 0 Å². The van der Waals surface area contributed by atoms with E-state index in [1.54, 1.807) is 0 Å². The molecule has 0 fully saturated rings. The van der Waals surface area contributed by atoms with Crippen LogP contribution in [0, 0.1) is 0 Å². The van der Waals surface area contributed by atoms with Gasteiger partial charge < -0.3 is 5.32 Å². The van der Waals surface area contributed by atoms with Gasteiger partial charge in [0.15, 0.2) is 0 Å². The highest BCUT2D eigenvalue weighted by molar-refractivity contribution is 7.67. The fraction of sp³-hybridized carbons (Fsp3) is 0.500. The SMILES string of the molecule is C=CC(=O)NCC(C)O[SH](=O)=O. The van der Waals surface area contributed by atoms with Gasteiger partial charge in [0.2, 0.25) is 5.91 Å². The molecule has 0 aliphatic rings. The van der Waals surface area contributed by atoms with E-state index in [2.05, 4.69) is 16.1 Å². The van der Waals surface area contributed by atoms with Gasteiger partial charge >= 0.3 is 0 Å². The van der Waals surface area contributed by atoms with E-state index in [1.807, 2.05) is 0 Å². The first-order chi connectivity index (χ1) is 5.56. The summed E-state index contributed by atoms with van der Waals surface area (Å²) in [6, 6.07) is 0. The van der Waals surface area contributed by atoms with Crippen molar-refractivity contribution in [2.45, 2.75) is 13.0 Å². The Morgan fingerprint density at radius 2 is 2.33 bits per heavy atom. The lowest BCUT2D eigenvalue weighted by Crippen LogP contribution is -2.30. The van der Waals surface area contributed by atoms with Crippen molar-refractivity contribution >= 4 is 16.9 Å². The highest BCUT2D eigenvalue weighted by Crippen LogP contribution is 1.87. The molecule has 70 valence electrons. The standard InChI is InChI=1S/C6H11NO4S/c1-3-6(8)7-4-5(2)11-12(9)10/h3,5,12H,1,4H2,2H3,(H,7,8). The second-order valence-electron chi connectivity index (χ2n) is 2.09. The van der Waals surface area contributed by atoms with Crippen molar-refractivity contribution in [1.82, 2.24) is 5.32 Å². The van der Waals surface area contributed by atoms with Crippen LogP contribution in [0.1, 0.15) is 6.92 Å². The van der Waals surface area contributed by atoms with Crippen LogP contribution >= 0.6 is 0 Å². The molecular formula is C6H11NO4S. The Morgan fingerprint density at radius 1 is 1.75 bits per heavy atom. The minimum absolute atomic E-state index is 0.147. The average molecular weight is 193 g/mol. The van der Waals surface area contributed by atoms with Gasteiger partial charge in [0.05, 0.1) is 6.10 Å². The maximum Gasteiger partial charge on any atom is 0.257 e. The maximum atomic E-state index is 10.6. The third kappa shape index (κ3) is 5.87. The van der Waals surface area contributed by atoms with Crippen molar-refractivity contribution in [2.24, 2.45) is 0 Å². The van der Waals surface area contributed by atoms with Crippen LogP contribution in [0.4, 0.5) is 0 Å². The first-order valence-corrected chi connectivity index (χ1v) is 4.37. The number of nitrogens with one attached hydrogen (secondary N) is 1. The maximum absolute atomic E-state index is 10.6. The van der Waals surface area contributed by atoms with Gasteiger partial charge in [0.1, 0.15) is 0 Å². The summed E-state index contributed by atoms with van der Waals surface area (Å²) in [7, 11) is -2.85. The molecule has 0 radical (unpaired) electrons. The Labute approximate surface area is 72.6 Å². The first kappa shape index (κ1) is 11.1. The summed E-state index contributed by atoms with van der Waals surface area (Å²) in [6.07, 6.45) is 0.555. The van der Waals surface area contributed by atoms with Gasteiger partial charge in [-0.05, 0) is 13.0 Å². The lowest BCUT2D eigenvalue weighted by Gasteiger charge is -2.07. The summed E-state index contributed by atoms with van der Waals surface area (Å²) in [5, 5.41) is 2.39. The van der Waals surface area contributed by atoms with E-state index in [1.165, 1.54) is 6.92 Å². The van der Waals surface area contributed by atoms with Crippen LogP contribution in [-0.4, -0.2) is 27.0 Å². The zero-order valence-electron chi connectivity index (χ0n) is 6.65. The Kier molecular flexibility index (Phi) is 5.31. The molecule has 1 amide bonds. The topological polar surface area (TPSA) is 72.5 Å². The third-order valence-electron chi connectivity index (χ3n) is 1.02. The third-order valence-corrected chi connectivity index (χ3v) is 1.55. The van der Waals surface area contributed by atoms with E-state index in [0.29, 0.717) is 0 Å². The van der Waals surface area contributed by atoms with E-state index >= 15 is 0 Å². The molecule has 0 aromatic rings. The quantitative estimate of drug-likeness (QED) is 0.444. The smallest absolute Gasteiger partial charge is 0.257 e. The second-order valence-corrected chi connectivity index (χ2v) is 2.75. The molecule has 0 rings (SSSR count). The Morgan fingerprint density at radius 3 is 2.75 bits per heavy atom. The minimum Gasteiger partial charge on any atom is -0.350 e. The van der Waals surface area contributed by atoms with Crippen LogP contribution < -0.4 is 5.32 Å². The Bertz CT molecular complexity index is 228. The lowest BCUT2D eigenvalue weighted by molar-refractivity contribution is -0.116. The second kappa shape index (κ2) is 5.73. The Balaban J connectivity index is 3.63. The highest BCUT2D eigenvalue weighted by Gasteiger charge is 2.03. The van der Waals surface area contributed by atoms with Crippen LogP contribution in [0.25, 0.3) is 0 Å². The molecule has 0 spiro atoms. The molecule has 0 saturated heterocycles. The minimum atomic E-state index is -2.85. The van der Waals surface area contributed by atoms with E-state index < -0.39 is 17.1 Å². The average Bonchev–Trinajstić information content (AvgIpc) is 1.99. The summed E-state index contributed by atoms with van der Waals surface area (Å²) in [5.41, 5.74) is 0. The predicted octanol–water partition coefficient (Wildman–Crippen LogP) is -0.780. The molecule has 1 atom stereocenters. The van der Waals surface area contributed by atoms with Crippen LogP contribution in [0.3, 0.4) is 0 Å². The fourth-order valence-corrected chi connectivity index (χ4v) is 0.869. The van der Waals surface area contributed by atoms with Gasteiger partial charge in [-0.15, -0.1) is 0 Å².